The molecule has 0 aromatic heterocycles. The number of methoxy groups -OCH3 is 1. The second kappa shape index (κ2) is 5.92. The summed E-state index contributed by atoms with van der Waals surface area (Å²) in [6.07, 6.45) is 0.652. The van der Waals surface area contributed by atoms with Crippen molar-refractivity contribution < 1.29 is 13.2 Å². The molecule has 1 aliphatic heterocycles. The highest BCUT2D eigenvalue weighted by Gasteiger charge is 2.34. The molecule has 1 aliphatic rings. The molecule has 6 heteroatoms. The van der Waals surface area contributed by atoms with Gasteiger partial charge in [-0.05, 0) is 24.5 Å². The van der Waals surface area contributed by atoms with Crippen molar-refractivity contribution >= 4 is 10.0 Å². The Hall–Kier alpha value is -1.42. The van der Waals surface area contributed by atoms with Gasteiger partial charge in [0.05, 0.1) is 16.6 Å². The Labute approximate surface area is 119 Å². The van der Waals surface area contributed by atoms with Crippen LogP contribution >= 0.6 is 0 Å². The van der Waals surface area contributed by atoms with Gasteiger partial charge in [-0.2, -0.15) is 9.57 Å². The lowest BCUT2D eigenvalue weighted by Gasteiger charge is -2.35. The Bertz CT molecular complexity index is 622. The number of ether oxygens (including phenoxy) is 1. The average molecular weight is 294 g/mol. The fourth-order valence-corrected chi connectivity index (χ4v) is 4.06. The predicted molar refractivity (Wildman–Crippen MR) is 74.5 cm³/mol. The maximum atomic E-state index is 12.7. The van der Waals surface area contributed by atoms with E-state index in [9.17, 15) is 8.42 Å². The van der Waals surface area contributed by atoms with Crippen LogP contribution in [0.4, 0.5) is 0 Å². The Morgan fingerprint density at radius 1 is 1.40 bits per heavy atom. The minimum atomic E-state index is -3.64. The van der Waals surface area contributed by atoms with Crippen molar-refractivity contribution in [3.05, 3.63) is 29.8 Å². The molecule has 0 amide bonds. The normalized spacial score (nSPS) is 24.2. The lowest BCUT2D eigenvalue weighted by Crippen LogP contribution is -2.46. The minimum Gasteiger partial charge on any atom is -0.380 e. The van der Waals surface area contributed by atoms with E-state index in [-0.39, 0.29) is 16.6 Å². The van der Waals surface area contributed by atoms with Crippen LogP contribution < -0.4 is 0 Å². The average Bonchev–Trinajstić information content (AvgIpc) is 2.47. The van der Waals surface area contributed by atoms with Gasteiger partial charge in [-0.3, -0.25) is 0 Å². The van der Waals surface area contributed by atoms with E-state index in [1.807, 2.05) is 6.07 Å². The van der Waals surface area contributed by atoms with Gasteiger partial charge in [-0.1, -0.05) is 19.1 Å². The zero-order valence-electron chi connectivity index (χ0n) is 11.6. The maximum Gasteiger partial charge on any atom is 0.244 e. The second-order valence-electron chi connectivity index (χ2n) is 5.01. The molecule has 1 aromatic carbocycles. The smallest absolute Gasteiger partial charge is 0.244 e. The number of nitrogens with zero attached hydrogens (tertiary/aromatic N) is 2. The van der Waals surface area contributed by atoms with Crippen LogP contribution in [0.2, 0.25) is 0 Å². The highest BCUT2D eigenvalue weighted by atomic mass is 32.2. The van der Waals surface area contributed by atoms with Gasteiger partial charge in [0.15, 0.2) is 0 Å². The van der Waals surface area contributed by atoms with Crippen LogP contribution in [0.15, 0.2) is 29.2 Å². The van der Waals surface area contributed by atoms with Crippen LogP contribution in [0.1, 0.15) is 18.9 Å². The molecule has 0 aliphatic carbocycles. The Kier molecular flexibility index (Phi) is 4.43. The summed E-state index contributed by atoms with van der Waals surface area (Å²) in [5, 5.41) is 9.06. The molecule has 0 N–H and O–H groups in total. The van der Waals surface area contributed by atoms with E-state index in [1.54, 1.807) is 19.2 Å². The third-order valence-corrected chi connectivity index (χ3v) is 5.70. The van der Waals surface area contributed by atoms with Crippen LogP contribution in [0.25, 0.3) is 0 Å². The first-order valence-corrected chi connectivity index (χ1v) is 7.96. The van der Waals surface area contributed by atoms with Gasteiger partial charge in [0, 0.05) is 20.2 Å². The molecule has 108 valence electrons. The third-order valence-electron chi connectivity index (χ3n) is 3.78. The van der Waals surface area contributed by atoms with Crippen LogP contribution in [-0.2, 0) is 14.8 Å². The minimum absolute atomic E-state index is 0.0758. The molecule has 5 nitrogen and oxygen atoms in total. The molecule has 1 saturated heterocycles. The van der Waals surface area contributed by atoms with E-state index in [0.717, 1.165) is 6.42 Å². The lowest BCUT2D eigenvalue weighted by atomic mass is 9.97. The van der Waals surface area contributed by atoms with Gasteiger partial charge >= 0.3 is 0 Å². The predicted octanol–water partition coefficient (Wildman–Crippen LogP) is 1.60. The van der Waals surface area contributed by atoms with Crippen LogP contribution in [0.5, 0.6) is 0 Å². The van der Waals surface area contributed by atoms with E-state index in [2.05, 4.69) is 6.92 Å². The van der Waals surface area contributed by atoms with Gasteiger partial charge < -0.3 is 4.74 Å². The molecule has 2 atom stereocenters. The van der Waals surface area contributed by atoms with Crippen molar-refractivity contribution in [2.75, 3.05) is 20.2 Å². The van der Waals surface area contributed by atoms with Crippen molar-refractivity contribution in [2.45, 2.75) is 24.3 Å². The van der Waals surface area contributed by atoms with E-state index in [1.165, 1.54) is 16.4 Å². The molecular weight excluding hydrogens is 276 g/mol. The number of benzene rings is 1. The van der Waals surface area contributed by atoms with Crippen LogP contribution in [-0.4, -0.2) is 39.0 Å². The fourth-order valence-electron chi connectivity index (χ4n) is 2.45. The Morgan fingerprint density at radius 3 is 2.75 bits per heavy atom. The van der Waals surface area contributed by atoms with Crippen molar-refractivity contribution in [1.82, 2.24) is 4.31 Å². The zero-order chi connectivity index (χ0) is 14.8. The molecule has 0 radical (unpaired) electrons. The summed E-state index contributed by atoms with van der Waals surface area (Å²) in [5.41, 5.74) is 0.181. The summed E-state index contributed by atoms with van der Waals surface area (Å²) in [6, 6.07) is 8.23. The van der Waals surface area contributed by atoms with Gasteiger partial charge in [0.1, 0.15) is 6.07 Å². The number of hydrogen-bond acceptors (Lipinski definition) is 4. The third kappa shape index (κ3) is 2.70. The lowest BCUT2D eigenvalue weighted by molar-refractivity contribution is 0.0184. The van der Waals surface area contributed by atoms with Crippen molar-refractivity contribution in [3.8, 4) is 6.07 Å². The maximum absolute atomic E-state index is 12.7. The summed E-state index contributed by atoms with van der Waals surface area (Å²) in [4.78, 5) is 0.0758. The van der Waals surface area contributed by atoms with Crippen molar-refractivity contribution in [1.29, 1.82) is 5.26 Å². The van der Waals surface area contributed by atoms with Crippen LogP contribution in [0.3, 0.4) is 0 Å². The SMILES string of the molecule is COC1CN(S(=O)(=O)c2ccccc2C#N)CCC1C. The van der Waals surface area contributed by atoms with E-state index < -0.39 is 10.0 Å². The Morgan fingerprint density at radius 2 is 2.10 bits per heavy atom. The molecule has 1 fully saturated rings. The standard InChI is InChI=1S/C14H18N2O3S/c1-11-7-8-16(10-13(11)19-2)20(17,18)14-6-4-3-5-12(14)9-15/h3-6,11,13H,7-8,10H2,1-2H3. The summed E-state index contributed by atoms with van der Waals surface area (Å²) in [7, 11) is -2.04. The van der Waals surface area contributed by atoms with E-state index >= 15 is 0 Å². The monoisotopic (exact) mass is 294 g/mol. The van der Waals surface area contributed by atoms with Crippen molar-refractivity contribution in [2.24, 2.45) is 5.92 Å². The first-order valence-electron chi connectivity index (χ1n) is 6.52. The molecule has 1 heterocycles. The number of hydrogen-bond donors (Lipinski definition) is 0. The number of rotatable bonds is 3. The molecular formula is C14H18N2O3S. The van der Waals surface area contributed by atoms with E-state index in [4.69, 9.17) is 10.00 Å². The second-order valence-corrected chi connectivity index (χ2v) is 6.92. The molecule has 2 unspecified atom stereocenters. The van der Waals surface area contributed by atoms with Crippen LogP contribution in [0, 0.1) is 17.2 Å². The summed E-state index contributed by atoms with van der Waals surface area (Å²) in [5.74, 6) is 0.331. The van der Waals surface area contributed by atoms with Gasteiger partial charge in [0.2, 0.25) is 10.0 Å². The number of nitriles is 1. The van der Waals surface area contributed by atoms with Gasteiger partial charge in [0.25, 0.3) is 0 Å². The highest BCUT2D eigenvalue weighted by molar-refractivity contribution is 7.89. The quantitative estimate of drug-likeness (QED) is 0.849. The van der Waals surface area contributed by atoms with Crippen molar-refractivity contribution in [3.63, 3.8) is 0 Å². The summed E-state index contributed by atoms with van der Waals surface area (Å²) in [6.45, 7) is 2.85. The summed E-state index contributed by atoms with van der Waals surface area (Å²) < 4.78 is 32.1. The molecule has 2 rings (SSSR count). The molecule has 0 bridgehead atoms. The van der Waals surface area contributed by atoms with Gasteiger partial charge in [-0.15, -0.1) is 0 Å². The first kappa shape index (κ1) is 15.0. The molecule has 0 spiro atoms. The number of piperidine rings is 1. The molecule has 0 saturated carbocycles. The first-order chi connectivity index (χ1) is 9.50. The highest BCUT2D eigenvalue weighted by Crippen LogP contribution is 2.26. The Balaban J connectivity index is 2.34. The fraction of sp³-hybridized carbons (Fsp3) is 0.500. The summed E-state index contributed by atoms with van der Waals surface area (Å²) >= 11 is 0. The zero-order valence-corrected chi connectivity index (χ0v) is 12.4. The molecule has 1 aromatic rings. The van der Waals surface area contributed by atoms with Gasteiger partial charge in [-0.25, -0.2) is 8.42 Å². The van der Waals surface area contributed by atoms with E-state index in [0.29, 0.717) is 19.0 Å². The largest absolute Gasteiger partial charge is 0.380 e. The number of sulfonamides is 1. The topological polar surface area (TPSA) is 70.4 Å². The molecule has 20 heavy (non-hydrogen) atoms.